The van der Waals surface area contributed by atoms with Crippen molar-refractivity contribution >= 4 is 29.9 Å². The van der Waals surface area contributed by atoms with Crippen molar-refractivity contribution < 1.29 is 14.6 Å². The third-order valence-electron chi connectivity index (χ3n) is 5.52. The molecule has 5 nitrogen and oxygen atoms in total. The van der Waals surface area contributed by atoms with Gasteiger partial charge >= 0.3 is 0 Å². The number of carbonyl (C=O) groups excluding carboxylic acids is 1. The molecule has 2 aliphatic heterocycles. The summed E-state index contributed by atoms with van der Waals surface area (Å²) in [6.45, 7) is 4.15. The molecule has 0 saturated carbocycles. The number of benzene rings is 1. The molecule has 0 aromatic heterocycles. The average Bonchev–Trinajstić information content (AvgIpc) is 2.59. The van der Waals surface area contributed by atoms with Crippen LogP contribution in [0.5, 0.6) is 0 Å². The maximum atomic E-state index is 12.5. The number of carbonyl (C=O) groups is 1. The lowest BCUT2D eigenvalue weighted by Crippen LogP contribution is -2.69. The summed E-state index contributed by atoms with van der Waals surface area (Å²) in [6.07, 6.45) is 2.45. The fourth-order valence-electron chi connectivity index (χ4n) is 3.99. The standard InChI is InChI=1S/C19H27ClN2O3.ClH/c1-18(9-12-25-19(17(18)24)7-10-21-11-8-19)22-16(23)6-5-14-3-2-4-15(20)13-14;/h2-4,13,17,21,24H,5-12H2,1H3,(H,22,23);1H/t17-,18+;/m0./s1. The topological polar surface area (TPSA) is 70.6 Å². The van der Waals surface area contributed by atoms with Crippen LogP contribution in [0.1, 0.15) is 38.2 Å². The molecule has 3 rings (SSSR count). The van der Waals surface area contributed by atoms with E-state index in [1.807, 2.05) is 31.2 Å². The Morgan fingerprint density at radius 3 is 2.81 bits per heavy atom. The van der Waals surface area contributed by atoms with Gasteiger partial charge in [0.05, 0.1) is 11.1 Å². The van der Waals surface area contributed by atoms with E-state index >= 15 is 0 Å². The van der Waals surface area contributed by atoms with Gasteiger partial charge in [-0.1, -0.05) is 23.7 Å². The fraction of sp³-hybridized carbons (Fsp3) is 0.632. The molecule has 2 fully saturated rings. The number of nitrogens with one attached hydrogen (secondary N) is 2. The number of hydrogen-bond donors (Lipinski definition) is 3. The van der Waals surface area contributed by atoms with E-state index in [1.54, 1.807) is 0 Å². The number of aliphatic hydroxyl groups is 1. The van der Waals surface area contributed by atoms with Crippen molar-refractivity contribution in [2.24, 2.45) is 0 Å². The van der Waals surface area contributed by atoms with E-state index in [0.29, 0.717) is 30.9 Å². The maximum Gasteiger partial charge on any atom is 0.220 e. The van der Waals surface area contributed by atoms with Crippen molar-refractivity contribution in [2.45, 2.75) is 56.3 Å². The van der Waals surface area contributed by atoms with Gasteiger partial charge < -0.3 is 20.5 Å². The highest BCUT2D eigenvalue weighted by molar-refractivity contribution is 6.30. The second kappa shape index (κ2) is 8.89. The molecule has 0 unspecified atom stereocenters. The zero-order chi connectivity index (χ0) is 17.9. The summed E-state index contributed by atoms with van der Waals surface area (Å²) in [5.41, 5.74) is -0.158. The molecule has 2 atom stereocenters. The Morgan fingerprint density at radius 2 is 2.12 bits per heavy atom. The van der Waals surface area contributed by atoms with Crippen LogP contribution in [0.25, 0.3) is 0 Å². The van der Waals surface area contributed by atoms with Crippen molar-refractivity contribution in [1.82, 2.24) is 10.6 Å². The SMILES string of the molecule is C[C@@]1(NC(=O)CCc2cccc(Cl)c2)CCOC2(CCNCC2)[C@H]1O.Cl. The molecular formula is C19H28Cl2N2O3. The van der Waals surface area contributed by atoms with Gasteiger partial charge in [0.15, 0.2) is 0 Å². The van der Waals surface area contributed by atoms with Crippen LogP contribution in [-0.4, -0.2) is 48.0 Å². The van der Waals surface area contributed by atoms with Crippen LogP contribution in [0, 0.1) is 0 Å². The Balaban J connectivity index is 0.00000243. The van der Waals surface area contributed by atoms with E-state index < -0.39 is 17.2 Å². The van der Waals surface area contributed by atoms with Crippen LogP contribution in [0.4, 0.5) is 0 Å². The molecule has 1 spiro atoms. The van der Waals surface area contributed by atoms with Crippen molar-refractivity contribution in [3.8, 4) is 0 Å². The summed E-state index contributed by atoms with van der Waals surface area (Å²) in [5.74, 6) is -0.0486. The van der Waals surface area contributed by atoms with Crippen molar-refractivity contribution in [3.05, 3.63) is 34.9 Å². The van der Waals surface area contributed by atoms with Gasteiger partial charge in [-0.25, -0.2) is 0 Å². The van der Waals surface area contributed by atoms with E-state index in [0.717, 1.165) is 31.5 Å². The van der Waals surface area contributed by atoms with E-state index in [-0.39, 0.29) is 18.3 Å². The Hall–Kier alpha value is -0.850. The van der Waals surface area contributed by atoms with Gasteiger partial charge in [0.2, 0.25) is 5.91 Å². The summed E-state index contributed by atoms with van der Waals surface area (Å²) < 4.78 is 5.98. The van der Waals surface area contributed by atoms with Crippen LogP contribution in [-0.2, 0) is 16.0 Å². The second-order valence-electron chi connectivity index (χ2n) is 7.41. The first-order chi connectivity index (χ1) is 11.9. The minimum Gasteiger partial charge on any atom is -0.388 e. The van der Waals surface area contributed by atoms with Crippen molar-refractivity contribution in [2.75, 3.05) is 19.7 Å². The lowest BCUT2D eigenvalue weighted by atomic mass is 9.73. The zero-order valence-electron chi connectivity index (χ0n) is 15.1. The normalized spacial score (nSPS) is 27.6. The number of amides is 1. The minimum atomic E-state index is -0.703. The first-order valence-electron chi connectivity index (χ1n) is 9.02. The highest BCUT2D eigenvalue weighted by atomic mass is 35.5. The number of hydrogen-bond acceptors (Lipinski definition) is 4. The minimum absolute atomic E-state index is 0. The number of piperidine rings is 1. The molecule has 7 heteroatoms. The molecule has 1 aromatic rings. The largest absolute Gasteiger partial charge is 0.388 e. The fourth-order valence-corrected chi connectivity index (χ4v) is 4.21. The van der Waals surface area contributed by atoms with Gasteiger partial charge in [0.25, 0.3) is 0 Å². The predicted octanol–water partition coefficient (Wildman–Crippen LogP) is 2.47. The molecule has 1 aromatic carbocycles. The number of ether oxygens (including phenoxy) is 1. The number of aryl methyl sites for hydroxylation is 1. The van der Waals surface area contributed by atoms with Gasteiger partial charge in [0, 0.05) is 18.1 Å². The Labute approximate surface area is 166 Å². The summed E-state index contributed by atoms with van der Waals surface area (Å²) in [6, 6.07) is 7.56. The van der Waals surface area contributed by atoms with Gasteiger partial charge in [-0.15, -0.1) is 12.4 Å². The quantitative estimate of drug-likeness (QED) is 0.723. The molecular weight excluding hydrogens is 375 g/mol. The van der Waals surface area contributed by atoms with Gasteiger partial charge in [-0.05, 0) is 63.4 Å². The van der Waals surface area contributed by atoms with E-state index in [9.17, 15) is 9.90 Å². The van der Waals surface area contributed by atoms with Crippen LogP contribution in [0.2, 0.25) is 5.02 Å². The summed E-state index contributed by atoms with van der Waals surface area (Å²) >= 11 is 5.99. The average molecular weight is 403 g/mol. The van der Waals surface area contributed by atoms with Crippen LogP contribution in [0.3, 0.4) is 0 Å². The Kier molecular flexibility index (Phi) is 7.34. The predicted molar refractivity (Wildman–Crippen MR) is 105 cm³/mol. The number of rotatable bonds is 4. The lowest BCUT2D eigenvalue weighted by Gasteiger charge is -2.52. The molecule has 0 bridgehead atoms. The lowest BCUT2D eigenvalue weighted by molar-refractivity contribution is -0.200. The Morgan fingerprint density at radius 1 is 1.38 bits per heavy atom. The zero-order valence-corrected chi connectivity index (χ0v) is 16.7. The summed E-state index contributed by atoms with van der Waals surface area (Å²) in [7, 11) is 0. The van der Waals surface area contributed by atoms with E-state index in [2.05, 4.69) is 10.6 Å². The van der Waals surface area contributed by atoms with E-state index in [1.165, 1.54) is 0 Å². The molecule has 2 saturated heterocycles. The van der Waals surface area contributed by atoms with Crippen molar-refractivity contribution in [3.63, 3.8) is 0 Å². The molecule has 2 aliphatic rings. The second-order valence-corrected chi connectivity index (χ2v) is 7.85. The first-order valence-corrected chi connectivity index (χ1v) is 9.40. The molecule has 0 aliphatic carbocycles. The molecule has 146 valence electrons. The number of aliphatic hydroxyl groups excluding tert-OH is 1. The third-order valence-corrected chi connectivity index (χ3v) is 5.75. The molecule has 0 radical (unpaired) electrons. The monoisotopic (exact) mass is 402 g/mol. The molecule has 2 heterocycles. The molecule has 1 amide bonds. The van der Waals surface area contributed by atoms with E-state index in [4.69, 9.17) is 16.3 Å². The molecule has 3 N–H and O–H groups in total. The smallest absolute Gasteiger partial charge is 0.220 e. The van der Waals surface area contributed by atoms with Gasteiger partial charge in [-0.3, -0.25) is 4.79 Å². The van der Waals surface area contributed by atoms with Crippen molar-refractivity contribution in [1.29, 1.82) is 0 Å². The maximum absolute atomic E-state index is 12.5. The number of halogens is 2. The Bertz CT molecular complexity index is 617. The third kappa shape index (κ3) is 4.70. The first kappa shape index (κ1) is 21.5. The van der Waals surface area contributed by atoms with Crippen LogP contribution < -0.4 is 10.6 Å². The highest BCUT2D eigenvalue weighted by Gasteiger charge is 2.52. The van der Waals surface area contributed by atoms with Crippen LogP contribution in [0.15, 0.2) is 24.3 Å². The van der Waals surface area contributed by atoms with Gasteiger partial charge in [-0.2, -0.15) is 0 Å². The van der Waals surface area contributed by atoms with Crippen LogP contribution >= 0.6 is 24.0 Å². The summed E-state index contributed by atoms with van der Waals surface area (Å²) in [5, 5.41) is 18.0. The van der Waals surface area contributed by atoms with Gasteiger partial charge in [0.1, 0.15) is 6.10 Å². The summed E-state index contributed by atoms with van der Waals surface area (Å²) in [4.78, 5) is 12.5. The molecule has 26 heavy (non-hydrogen) atoms. The highest BCUT2D eigenvalue weighted by Crippen LogP contribution is 2.38.